The lowest BCUT2D eigenvalue weighted by molar-refractivity contribution is 0.0926. The molecule has 6 heteroatoms. The minimum atomic E-state index is -0.761. The number of aldehydes is 1. The molecule has 2 aromatic carbocycles. The number of carbonyl (C=O) groups excluding carboxylic acids is 3. The van der Waals surface area contributed by atoms with Gasteiger partial charge in [0, 0.05) is 3.57 Å². The highest BCUT2D eigenvalue weighted by atomic mass is 127. The standard InChI is InChI=1S/C15H7FINO3/c16-12-5-8(17)6-13(11(12)7-19)18-14(20)9-3-1-2-4-10(9)15(18)21/h1-7H. The van der Waals surface area contributed by atoms with Gasteiger partial charge in [-0.3, -0.25) is 14.4 Å². The van der Waals surface area contributed by atoms with Gasteiger partial charge in [0.1, 0.15) is 5.82 Å². The van der Waals surface area contributed by atoms with Crippen molar-refractivity contribution in [3.63, 3.8) is 0 Å². The Morgan fingerprint density at radius 1 is 1.05 bits per heavy atom. The third-order valence-electron chi connectivity index (χ3n) is 3.23. The number of halogens is 2. The molecule has 3 rings (SSSR count). The van der Waals surface area contributed by atoms with Gasteiger partial charge in [0.15, 0.2) is 6.29 Å². The Hall–Kier alpha value is -2.09. The first-order valence-electron chi connectivity index (χ1n) is 5.96. The lowest BCUT2D eigenvalue weighted by Crippen LogP contribution is -2.30. The first-order chi connectivity index (χ1) is 10.0. The van der Waals surface area contributed by atoms with Gasteiger partial charge in [-0.1, -0.05) is 12.1 Å². The zero-order valence-electron chi connectivity index (χ0n) is 10.5. The molecule has 0 bridgehead atoms. The Morgan fingerprint density at radius 2 is 1.62 bits per heavy atom. The molecule has 0 saturated heterocycles. The van der Waals surface area contributed by atoms with Crippen LogP contribution in [0.5, 0.6) is 0 Å². The van der Waals surface area contributed by atoms with E-state index in [1.54, 1.807) is 12.1 Å². The summed E-state index contributed by atoms with van der Waals surface area (Å²) in [5, 5.41) is 0. The van der Waals surface area contributed by atoms with E-state index in [1.165, 1.54) is 24.3 Å². The Labute approximate surface area is 132 Å². The number of hydrogen-bond acceptors (Lipinski definition) is 3. The van der Waals surface area contributed by atoms with Crippen LogP contribution in [0.3, 0.4) is 0 Å². The SMILES string of the molecule is O=Cc1c(F)cc(I)cc1N1C(=O)c2ccccc2C1=O. The van der Waals surface area contributed by atoms with E-state index in [0.717, 1.165) is 4.90 Å². The van der Waals surface area contributed by atoms with Crippen molar-refractivity contribution < 1.29 is 18.8 Å². The number of rotatable bonds is 2. The van der Waals surface area contributed by atoms with Crippen LogP contribution in [-0.2, 0) is 0 Å². The molecule has 0 saturated carbocycles. The first kappa shape index (κ1) is 13.9. The van der Waals surface area contributed by atoms with Crippen LogP contribution in [-0.4, -0.2) is 18.1 Å². The van der Waals surface area contributed by atoms with Gasteiger partial charge in [0.05, 0.1) is 22.4 Å². The maximum atomic E-state index is 13.9. The summed E-state index contributed by atoms with van der Waals surface area (Å²) < 4.78 is 14.4. The third-order valence-corrected chi connectivity index (χ3v) is 3.85. The number of anilines is 1. The van der Waals surface area contributed by atoms with Crippen molar-refractivity contribution in [3.8, 4) is 0 Å². The minimum Gasteiger partial charge on any atom is -0.298 e. The molecule has 4 nitrogen and oxygen atoms in total. The molecule has 1 heterocycles. The fraction of sp³-hybridized carbons (Fsp3) is 0. The van der Waals surface area contributed by atoms with Crippen LogP contribution < -0.4 is 4.90 Å². The van der Waals surface area contributed by atoms with Crippen LogP contribution in [0.4, 0.5) is 10.1 Å². The van der Waals surface area contributed by atoms with Gasteiger partial charge in [-0.05, 0) is 46.9 Å². The Morgan fingerprint density at radius 3 is 2.14 bits per heavy atom. The summed E-state index contributed by atoms with van der Waals surface area (Å²) in [5.74, 6) is -1.87. The highest BCUT2D eigenvalue weighted by Gasteiger charge is 2.37. The molecule has 21 heavy (non-hydrogen) atoms. The van der Waals surface area contributed by atoms with Crippen LogP contribution in [0, 0.1) is 9.39 Å². The summed E-state index contributed by atoms with van der Waals surface area (Å²) in [6.07, 6.45) is 0.310. The number of nitrogens with zero attached hydrogens (tertiary/aromatic N) is 1. The predicted octanol–water partition coefficient (Wildman–Crippen LogP) is 3.04. The first-order valence-corrected chi connectivity index (χ1v) is 7.04. The molecule has 0 radical (unpaired) electrons. The molecule has 104 valence electrons. The zero-order valence-corrected chi connectivity index (χ0v) is 12.6. The van der Waals surface area contributed by atoms with Crippen LogP contribution in [0.1, 0.15) is 31.1 Å². The Kier molecular flexibility index (Phi) is 3.32. The Bertz CT molecular complexity index is 769. The van der Waals surface area contributed by atoms with E-state index in [4.69, 9.17) is 0 Å². The van der Waals surface area contributed by atoms with Crippen molar-refractivity contribution in [2.75, 3.05) is 4.90 Å². The summed E-state index contributed by atoms with van der Waals surface area (Å²) in [7, 11) is 0. The highest BCUT2D eigenvalue weighted by molar-refractivity contribution is 14.1. The third kappa shape index (κ3) is 2.06. The minimum absolute atomic E-state index is 0.0272. The van der Waals surface area contributed by atoms with Gasteiger partial charge < -0.3 is 0 Å². The molecule has 0 N–H and O–H groups in total. The second-order valence-electron chi connectivity index (χ2n) is 4.43. The van der Waals surface area contributed by atoms with Crippen molar-refractivity contribution in [3.05, 3.63) is 62.5 Å². The van der Waals surface area contributed by atoms with E-state index < -0.39 is 17.6 Å². The lowest BCUT2D eigenvalue weighted by Gasteiger charge is -2.16. The molecule has 0 fully saturated rings. The molecule has 2 amide bonds. The normalized spacial score (nSPS) is 13.5. The van der Waals surface area contributed by atoms with Crippen molar-refractivity contribution in [1.29, 1.82) is 0 Å². The fourth-order valence-electron chi connectivity index (χ4n) is 2.28. The van der Waals surface area contributed by atoms with E-state index in [9.17, 15) is 18.8 Å². The number of benzene rings is 2. The zero-order chi connectivity index (χ0) is 15.1. The van der Waals surface area contributed by atoms with E-state index in [-0.39, 0.29) is 22.4 Å². The van der Waals surface area contributed by atoms with Crippen LogP contribution in [0.25, 0.3) is 0 Å². The van der Waals surface area contributed by atoms with Crippen LogP contribution >= 0.6 is 22.6 Å². The second-order valence-corrected chi connectivity index (χ2v) is 5.68. The maximum Gasteiger partial charge on any atom is 0.266 e. The molecule has 0 spiro atoms. The largest absolute Gasteiger partial charge is 0.298 e. The number of amides is 2. The summed E-state index contributed by atoms with van der Waals surface area (Å²) in [6, 6.07) is 8.95. The topological polar surface area (TPSA) is 54.5 Å². The molecule has 1 aliphatic rings. The van der Waals surface area contributed by atoms with Gasteiger partial charge in [-0.2, -0.15) is 0 Å². The maximum absolute atomic E-state index is 13.9. The summed E-state index contributed by atoms with van der Waals surface area (Å²) in [5.41, 5.74) is 0.169. The van der Waals surface area contributed by atoms with Gasteiger partial charge in [-0.15, -0.1) is 0 Å². The summed E-state index contributed by atoms with van der Waals surface area (Å²) in [4.78, 5) is 36.7. The number of hydrogen-bond donors (Lipinski definition) is 0. The van der Waals surface area contributed by atoms with Crippen molar-refractivity contribution in [2.45, 2.75) is 0 Å². The lowest BCUT2D eigenvalue weighted by atomic mass is 10.1. The molecular formula is C15H7FINO3. The Balaban J connectivity index is 2.22. The number of imide groups is 1. The average molecular weight is 395 g/mol. The van der Waals surface area contributed by atoms with Gasteiger partial charge in [0.2, 0.25) is 0 Å². The molecule has 0 unspecified atom stereocenters. The molecule has 1 aliphatic heterocycles. The van der Waals surface area contributed by atoms with Gasteiger partial charge >= 0.3 is 0 Å². The van der Waals surface area contributed by atoms with Crippen molar-refractivity contribution in [1.82, 2.24) is 0 Å². The average Bonchev–Trinajstić information content (AvgIpc) is 2.71. The quantitative estimate of drug-likeness (QED) is 0.446. The van der Waals surface area contributed by atoms with Crippen LogP contribution in [0.2, 0.25) is 0 Å². The molecule has 2 aromatic rings. The van der Waals surface area contributed by atoms with Crippen molar-refractivity contribution in [2.24, 2.45) is 0 Å². The highest BCUT2D eigenvalue weighted by Crippen LogP contribution is 2.32. The van der Waals surface area contributed by atoms with E-state index in [2.05, 4.69) is 0 Å². The van der Waals surface area contributed by atoms with Gasteiger partial charge in [0.25, 0.3) is 11.8 Å². The van der Waals surface area contributed by atoms with E-state index >= 15 is 0 Å². The van der Waals surface area contributed by atoms with E-state index in [0.29, 0.717) is 9.86 Å². The summed E-state index contributed by atoms with van der Waals surface area (Å²) in [6.45, 7) is 0. The van der Waals surface area contributed by atoms with Crippen molar-refractivity contribution >= 4 is 46.4 Å². The monoisotopic (exact) mass is 395 g/mol. The number of carbonyl (C=O) groups is 3. The molecular weight excluding hydrogens is 388 g/mol. The van der Waals surface area contributed by atoms with Crippen LogP contribution in [0.15, 0.2) is 36.4 Å². The molecule has 0 atom stereocenters. The molecule has 0 aromatic heterocycles. The predicted molar refractivity (Wildman–Crippen MR) is 82.1 cm³/mol. The number of fused-ring (bicyclic) bond motifs is 1. The smallest absolute Gasteiger partial charge is 0.266 e. The fourth-order valence-corrected chi connectivity index (χ4v) is 2.85. The molecule has 0 aliphatic carbocycles. The van der Waals surface area contributed by atoms with Gasteiger partial charge in [-0.25, -0.2) is 9.29 Å². The van der Waals surface area contributed by atoms with E-state index in [1.807, 2.05) is 22.6 Å². The second kappa shape index (κ2) is 5.03. The summed E-state index contributed by atoms with van der Waals surface area (Å²) >= 11 is 1.86.